The Balaban J connectivity index is 1.48. The van der Waals surface area contributed by atoms with Gasteiger partial charge in [0.2, 0.25) is 0 Å². The summed E-state index contributed by atoms with van der Waals surface area (Å²) in [5.41, 5.74) is 3.06. The molecule has 0 bridgehead atoms. The van der Waals surface area contributed by atoms with Crippen LogP contribution in [0.5, 0.6) is 0 Å². The summed E-state index contributed by atoms with van der Waals surface area (Å²) in [5.74, 6) is 0.814. The van der Waals surface area contributed by atoms with Crippen LogP contribution < -0.4 is 4.90 Å². The lowest BCUT2D eigenvalue weighted by atomic mass is 9.99. The lowest BCUT2D eigenvalue weighted by Crippen LogP contribution is -2.39. The molecule has 0 aliphatic carbocycles. The van der Waals surface area contributed by atoms with E-state index >= 15 is 0 Å². The van der Waals surface area contributed by atoms with Gasteiger partial charge >= 0.3 is 0 Å². The molecule has 2 aliphatic heterocycles. The van der Waals surface area contributed by atoms with Crippen LogP contribution in [0.1, 0.15) is 53.5 Å². The summed E-state index contributed by atoms with van der Waals surface area (Å²) < 4.78 is 2.50. The highest BCUT2D eigenvalue weighted by Crippen LogP contribution is 2.33. The van der Waals surface area contributed by atoms with Crippen molar-refractivity contribution in [3.63, 3.8) is 0 Å². The number of amides is 1. The van der Waals surface area contributed by atoms with E-state index in [9.17, 15) is 9.90 Å². The number of aliphatic hydroxyl groups excluding tert-OH is 1. The van der Waals surface area contributed by atoms with E-state index in [0.29, 0.717) is 23.3 Å². The Morgan fingerprint density at radius 2 is 2.13 bits per heavy atom. The van der Waals surface area contributed by atoms with Crippen LogP contribution >= 0.6 is 15.9 Å². The van der Waals surface area contributed by atoms with Crippen LogP contribution in [0.15, 0.2) is 35.1 Å². The Hall–Kier alpha value is -2.52. The van der Waals surface area contributed by atoms with E-state index in [4.69, 9.17) is 10.1 Å². The molecule has 31 heavy (non-hydrogen) atoms. The van der Waals surface area contributed by atoms with Crippen molar-refractivity contribution in [1.82, 2.24) is 24.5 Å². The fourth-order valence-corrected chi connectivity index (χ4v) is 5.02. The standard InChI is InChI=1S/C22H25BrN6O2/c1-14-12-29-19(25-21(14)27-10-7-15(30)13-27)11-17(26-29)18-6-2-3-9-28(18)22(31)20-16(23)5-4-8-24-20/h4-5,8,11-12,15,18,30H,2-3,6-7,9-10,13H2,1H3/t15-,18+/m1/s1. The molecule has 8 nitrogen and oxygen atoms in total. The Kier molecular flexibility index (Phi) is 5.39. The van der Waals surface area contributed by atoms with Crippen LogP contribution in [0, 0.1) is 6.92 Å². The summed E-state index contributed by atoms with van der Waals surface area (Å²) in [5, 5.41) is 14.7. The van der Waals surface area contributed by atoms with Crippen LogP contribution in [0.4, 0.5) is 5.82 Å². The number of aliphatic hydroxyl groups is 1. The minimum Gasteiger partial charge on any atom is -0.391 e. The lowest BCUT2D eigenvalue weighted by Gasteiger charge is -2.34. The van der Waals surface area contributed by atoms with Gasteiger partial charge in [-0.3, -0.25) is 4.79 Å². The Morgan fingerprint density at radius 3 is 2.90 bits per heavy atom. The maximum atomic E-state index is 13.3. The maximum Gasteiger partial charge on any atom is 0.274 e. The second-order valence-corrected chi connectivity index (χ2v) is 9.21. The molecule has 2 aliphatic rings. The maximum absolute atomic E-state index is 13.3. The number of piperidine rings is 1. The van der Waals surface area contributed by atoms with Crippen molar-refractivity contribution in [1.29, 1.82) is 0 Å². The molecular weight excluding hydrogens is 460 g/mol. The van der Waals surface area contributed by atoms with Crippen LogP contribution in [-0.4, -0.2) is 61.2 Å². The predicted octanol–water partition coefficient (Wildman–Crippen LogP) is 3.13. The van der Waals surface area contributed by atoms with E-state index in [1.54, 1.807) is 10.7 Å². The Labute approximate surface area is 189 Å². The number of pyridine rings is 1. The van der Waals surface area contributed by atoms with Gasteiger partial charge in [0.1, 0.15) is 11.5 Å². The normalized spacial score (nSPS) is 21.8. The molecule has 1 amide bonds. The van der Waals surface area contributed by atoms with Crippen molar-refractivity contribution >= 4 is 33.3 Å². The Bertz CT molecular complexity index is 1130. The number of aryl methyl sites for hydroxylation is 1. The lowest BCUT2D eigenvalue weighted by molar-refractivity contribution is 0.0598. The first-order valence-electron chi connectivity index (χ1n) is 10.7. The van der Waals surface area contributed by atoms with Gasteiger partial charge in [-0.1, -0.05) is 0 Å². The number of halogens is 1. The molecule has 3 aromatic rings. The molecule has 0 unspecified atom stereocenters. The van der Waals surface area contributed by atoms with Gasteiger partial charge < -0.3 is 14.9 Å². The zero-order valence-electron chi connectivity index (χ0n) is 17.4. The largest absolute Gasteiger partial charge is 0.391 e. The van der Waals surface area contributed by atoms with Gasteiger partial charge in [-0.15, -0.1) is 0 Å². The zero-order chi connectivity index (χ0) is 21.5. The number of anilines is 1. The first kappa shape index (κ1) is 20.4. The first-order chi connectivity index (χ1) is 15.0. The Morgan fingerprint density at radius 1 is 1.26 bits per heavy atom. The van der Waals surface area contributed by atoms with Gasteiger partial charge in [0.25, 0.3) is 5.91 Å². The third-order valence-corrected chi connectivity index (χ3v) is 6.79. The highest BCUT2D eigenvalue weighted by molar-refractivity contribution is 9.10. The summed E-state index contributed by atoms with van der Waals surface area (Å²) in [4.78, 5) is 26.4. The molecule has 5 heterocycles. The molecule has 0 spiro atoms. The van der Waals surface area contributed by atoms with Crippen LogP contribution in [-0.2, 0) is 0 Å². The van der Waals surface area contributed by atoms with E-state index in [1.807, 2.05) is 36.2 Å². The van der Waals surface area contributed by atoms with Crippen molar-refractivity contribution in [3.05, 3.63) is 52.0 Å². The molecule has 5 rings (SSSR count). The summed E-state index contributed by atoms with van der Waals surface area (Å²) in [6.45, 7) is 4.11. The number of carbonyl (C=O) groups excluding carboxylic acids is 1. The highest BCUT2D eigenvalue weighted by atomic mass is 79.9. The number of likely N-dealkylation sites (tertiary alicyclic amines) is 1. The van der Waals surface area contributed by atoms with E-state index < -0.39 is 0 Å². The zero-order valence-corrected chi connectivity index (χ0v) is 19.0. The average molecular weight is 485 g/mol. The van der Waals surface area contributed by atoms with E-state index in [1.165, 1.54) is 0 Å². The monoisotopic (exact) mass is 484 g/mol. The summed E-state index contributed by atoms with van der Waals surface area (Å²) in [6.07, 6.45) is 6.98. The van der Waals surface area contributed by atoms with Crippen molar-refractivity contribution in [3.8, 4) is 0 Å². The molecule has 2 saturated heterocycles. The minimum atomic E-state index is -0.300. The van der Waals surface area contributed by atoms with Gasteiger partial charge in [0.15, 0.2) is 5.65 Å². The van der Waals surface area contributed by atoms with Gasteiger partial charge in [0.05, 0.1) is 17.8 Å². The molecule has 3 aromatic heterocycles. The second kappa shape index (κ2) is 8.20. The third-order valence-electron chi connectivity index (χ3n) is 6.15. The number of hydrogen-bond donors (Lipinski definition) is 1. The summed E-state index contributed by atoms with van der Waals surface area (Å²) in [6, 6.07) is 5.53. The van der Waals surface area contributed by atoms with Crippen LogP contribution in [0.2, 0.25) is 0 Å². The SMILES string of the molecule is Cc1cn2nc([C@@H]3CCCCN3C(=O)c3ncccc3Br)cc2nc1N1CC[C@@H](O)C1. The smallest absolute Gasteiger partial charge is 0.274 e. The summed E-state index contributed by atoms with van der Waals surface area (Å²) in [7, 11) is 0. The third kappa shape index (κ3) is 3.80. The number of rotatable bonds is 3. The van der Waals surface area contributed by atoms with Gasteiger partial charge in [0, 0.05) is 48.1 Å². The van der Waals surface area contributed by atoms with Gasteiger partial charge in [-0.2, -0.15) is 5.10 Å². The number of aromatic nitrogens is 4. The molecule has 1 N–H and O–H groups in total. The van der Waals surface area contributed by atoms with Gasteiger partial charge in [-0.25, -0.2) is 14.5 Å². The molecule has 0 saturated carbocycles. The van der Waals surface area contributed by atoms with Crippen molar-refractivity contribution < 1.29 is 9.90 Å². The molecule has 2 fully saturated rings. The molecule has 162 valence electrons. The van der Waals surface area contributed by atoms with E-state index in [0.717, 1.165) is 55.0 Å². The quantitative estimate of drug-likeness (QED) is 0.614. The number of fused-ring (bicyclic) bond motifs is 1. The predicted molar refractivity (Wildman–Crippen MR) is 120 cm³/mol. The molecular formula is C22H25BrN6O2. The van der Waals surface area contributed by atoms with Crippen LogP contribution in [0.3, 0.4) is 0 Å². The van der Waals surface area contributed by atoms with Crippen LogP contribution in [0.25, 0.3) is 5.65 Å². The molecule has 0 radical (unpaired) electrons. The number of hydrogen-bond acceptors (Lipinski definition) is 6. The molecule has 9 heteroatoms. The number of nitrogens with zero attached hydrogens (tertiary/aromatic N) is 6. The van der Waals surface area contributed by atoms with Crippen molar-refractivity contribution in [2.45, 2.75) is 44.8 Å². The van der Waals surface area contributed by atoms with Crippen molar-refractivity contribution in [2.75, 3.05) is 24.5 Å². The summed E-state index contributed by atoms with van der Waals surface area (Å²) >= 11 is 3.46. The second-order valence-electron chi connectivity index (χ2n) is 8.35. The average Bonchev–Trinajstić information content (AvgIpc) is 3.38. The van der Waals surface area contributed by atoms with E-state index in [-0.39, 0.29) is 18.1 Å². The first-order valence-corrected chi connectivity index (χ1v) is 11.5. The molecule has 0 aromatic carbocycles. The van der Waals surface area contributed by atoms with Crippen molar-refractivity contribution in [2.24, 2.45) is 0 Å². The fraction of sp³-hybridized carbons (Fsp3) is 0.455. The minimum absolute atomic E-state index is 0.0786. The fourth-order valence-electron chi connectivity index (χ4n) is 4.60. The number of carbonyl (C=O) groups is 1. The highest BCUT2D eigenvalue weighted by Gasteiger charge is 2.32. The topological polar surface area (TPSA) is 86.9 Å². The molecule has 2 atom stereocenters. The van der Waals surface area contributed by atoms with E-state index in [2.05, 4.69) is 25.8 Å². The van der Waals surface area contributed by atoms with Gasteiger partial charge in [-0.05, 0) is 60.7 Å². The number of β-amino-alcohol motifs (C(OH)–C–C–N with tert-alkyl or cyclic N) is 1.